The minimum absolute atomic E-state index is 0.0371. The molecular weight excluding hydrogens is 269 g/mol. The first kappa shape index (κ1) is 12.9. The maximum Gasteiger partial charge on any atom is 0.433 e. The van der Waals surface area contributed by atoms with Gasteiger partial charge in [0.2, 0.25) is 0 Å². The Morgan fingerprint density at radius 1 is 1.42 bits per heavy atom. The van der Waals surface area contributed by atoms with Gasteiger partial charge in [-0.05, 0) is 10.4 Å². The number of rotatable bonds is 4. The molecule has 2 rings (SSSR count). The van der Waals surface area contributed by atoms with E-state index in [2.05, 4.69) is 30.2 Å². The van der Waals surface area contributed by atoms with Gasteiger partial charge in [-0.3, -0.25) is 4.79 Å². The molecule has 100 valence electrons. The van der Waals surface area contributed by atoms with Gasteiger partial charge < -0.3 is 4.74 Å². The van der Waals surface area contributed by atoms with Crippen LogP contribution in [-0.4, -0.2) is 36.6 Å². The molecule has 0 N–H and O–H groups in total. The third-order valence-corrected chi connectivity index (χ3v) is 1.98. The SMILES string of the molecule is O=COCc1cnc(-n2cnnn2)nc1C(F)(F)F. The first-order valence-electron chi connectivity index (χ1n) is 4.74. The second kappa shape index (κ2) is 4.96. The van der Waals surface area contributed by atoms with Crippen molar-refractivity contribution in [3.63, 3.8) is 0 Å². The van der Waals surface area contributed by atoms with Crippen molar-refractivity contribution in [2.24, 2.45) is 0 Å². The summed E-state index contributed by atoms with van der Waals surface area (Å²) in [5, 5.41) is 9.90. The molecule has 11 heteroatoms. The Morgan fingerprint density at radius 3 is 2.79 bits per heavy atom. The zero-order chi connectivity index (χ0) is 13.9. The van der Waals surface area contributed by atoms with Gasteiger partial charge in [0.05, 0.1) is 0 Å². The summed E-state index contributed by atoms with van der Waals surface area (Å²) in [6, 6.07) is 0. The predicted octanol–water partition coefficient (Wildman–Crippen LogP) is 0.144. The van der Waals surface area contributed by atoms with Crippen LogP contribution in [0.4, 0.5) is 13.2 Å². The van der Waals surface area contributed by atoms with Crippen LogP contribution in [0, 0.1) is 0 Å². The van der Waals surface area contributed by atoms with Gasteiger partial charge in [-0.1, -0.05) is 0 Å². The lowest BCUT2D eigenvalue weighted by Gasteiger charge is -2.11. The first-order valence-corrected chi connectivity index (χ1v) is 4.74. The molecule has 8 nitrogen and oxygen atoms in total. The number of carbonyl (C=O) groups excluding carboxylic acids is 1. The molecule has 0 aliphatic carbocycles. The van der Waals surface area contributed by atoms with Crippen LogP contribution in [0.2, 0.25) is 0 Å². The summed E-state index contributed by atoms with van der Waals surface area (Å²) >= 11 is 0. The van der Waals surface area contributed by atoms with Crippen molar-refractivity contribution in [1.82, 2.24) is 30.2 Å². The molecule has 0 aliphatic heterocycles. The normalized spacial score (nSPS) is 11.3. The van der Waals surface area contributed by atoms with Crippen molar-refractivity contribution in [2.75, 3.05) is 0 Å². The summed E-state index contributed by atoms with van der Waals surface area (Å²) in [4.78, 5) is 17.0. The highest BCUT2D eigenvalue weighted by molar-refractivity contribution is 5.37. The molecule has 0 fully saturated rings. The van der Waals surface area contributed by atoms with Crippen LogP contribution >= 0.6 is 0 Å². The van der Waals surface area contributed by atoms with Gasteiger partial charge in [-0.25, -0.2) is 9.97 Å². The van der Waals surface area contributed by atoms with E-state index in [1.165, 1.54) is 0 Å². The van der Waals surface area contributed by atoms with Gasteiger partial charge in [0.15, 0.2) is 5.69 Å². The quantitative estimate of drug-likeness (QED) is 0.732. The highest BCUT2D eigenvalue weighted by Gasteiger charge is 2.36. The number of tetrazole rings is 1. The summed E-state index contributed by atoms with van der Waals surface area (Å²) in [5.41, 5.74) is -1.58. The third kappa shape index (κ3) is 2.81. The van der Waals surface area contributed by atoms with Gasteiger partial charge in [-0.15, -0.1) is 5.10 Å². The van der Waals surface area contributed by atoms with Crippen molar-refractivity contribution in [3.05, 3.63) is 23.8 Å². The highest BCUT2D eigenvalue weighted by Crippen LogP contribution is 2.30. The number of alkyl halides is 3. The molecule has 0 aliphatic rings. The fourth-order valence-corrected chi connectivity index (χ4v) is 1.24. The minimum Gasteiger partial charge on any atom is -0.463 e. The number of hydrogen-bond donors (Lipinski definition) is 0. The smallest absolute Gasteiger partial charge is 0.433 e. The van der Waals surface area contributed by atoms with Crippen LogP contribution in [0.5, 0.6) is 0 Å². The summed E-state index contributed by atoms with van der Waals surface area (Å²) in [7, 11) is 0. The standard InChI is InChI=1S/C8H5F3N6O2/c9-8(10,11)6-5(2-19-4-18)1-12-7(14-6)17-3-13-15-16-17/h1,3-4H,2H2. The van der Waals surface area contributed by atoms with Gasteiger partial charge >= 0.3 is 6.18 Å². The van der Waals surface area contributed by atoms with Crippen molar-refractivity contribution >= 4 is 6.47 Å². The van der Waals surface area contributed by atoms with E-state index in [-0.39, 0.29) is 18.0 Å². The second-order valence-electron chi connectivity index (χ2n) is 3.20. The third-order valence-electron chi connectivity index (χ3n) is 1.98. The van der Waals surface area contributed by atoms with Crippen LogP contribution in [0.3, 0.4) is 0 Å². The molecule has 0 radical (unpaired) electrons. The van der Waals surface area contributed by atoms with Gasteiger partial charge in [0.25, 0.3) is 12.4 Å². The molecule has 0 amide bonds. The number of aromatic nitrogens is 6. The zero-order valence-electron chi connectivity index (χ0n) is 9.07. The van der Waals surface area contributed by atoms with E-state index in [1.807, 2.05) is 0 Å². The van der Waals surface area contributed by atoms with Crippen LogP contribution in [-0.2, 0) is 22.3 Å². The maximum atomic E-state index is 12.8. The average molecular weight is 274 g/mol. The maximum absolute atomic E-state index is 12.8. The topological polar surface area (TPSA) is 95.7 Å². The summed E-state index contributed by atoms with van der Waals surface area (Å²) in [6.45, 7) is -0.538. The van der Waals surface area contributed by atoms with E-state index in [9.17, 15) is 18.0 Å². The second-order valence-corrected chi connectivity index (χ2v) is 3.20. The van der Waals surface area contributed by atoms with Gasteiger partial charge in [0, 0.05) is 11.8 Å². The van der Waals surface area contributed by atoms with E-state index in [1.54, 1.807) is 0 Å². The molecule has 0 bridgehead atoms. The summed E-state index contributed by atoms with van der Waals surface area (Å²) in [5.74, 6) is -0.341. The van der Waals surface area contributed by atoms with Gasteiger partial charge in [0.1, 0.15) is 12.9 Å². The summed E-state index contributed by atoms with van der Waals surface area (Å²) < 4.78 is 43.6. The predicted molar refractivity (Wildman–Crippen MR) is 50.6 cm³/mol. The highest BCUT2D eigenvalue weighted by atomic mass is 19.4. The number of hydrogen-bond acceptors (Lipinski definition) is 7. The van der Waals surface area contributed by atoms with Gasteiger partial charge in [-0.2, -0.15) is 17.9 Å². The van der Waals surface area contributed by atoms with E-state index < -0.39 is 18.5 Å². The molecule has 0 saturated carbocycles. The molecule has 2 aromatic rings. The summed E-state index contributed by atoms with van der Waals surface area (Å²) in [6.07, 6.45) is -2.76. The number of nitrogens with zero attached hydrogens (tertiary/aromatic N) is 6. The molecule has 0 spiro atoms. The Bertz CT molecular complexity index is 570. The fraction of sp³-hybridized carbons (Fsp3) is 0.250. The molecule has 0 unspecified atom stereocenters. The fourth-order valence-electron chi connectivity index (χ4n) is 1.24. The molecule has 2 aromatic heterocycles. The zero-order valence-corrected chi connectivity index (χ0v) is 9.07. The lowest BCUT2D eigenvalue weighted by Crippen LogP contribution is -2.16. The molecule has 0 atom stereocenters. The lowest BCUT2D eigenvalue weighted by atomic mass is 10.2. The number of ether oxygens (including phenoxy) is 1. The van der Waals surface area contributed by atoms with Crippen molar-refractivity contribution in [3.8, 4) is 5.95 Å². The molecule has 0 saturated heterocycles. The Morgan fingerprint density at radius 2 is 2.21 bits per heavy atom. The number of carbonyl (C=O) groups is 1. The van der Waals surface area contributed by atoms with Crippen LogP contribution < -0.4 is 0 Å². The van der Waals surface area contributed by atoms with Crippen LogP contribution in [0.25, 0.3) is 5.95 Å². The van der Waals surface area contributed by atoms with Crippen molar-refractivity contribution in [2.45, 2.75) is 12.8 Å². The molecule has 2 heterocycles. The van der Waals surface area contributed by atoms with E-state index >= 15 is 0 Å². The Labute approximate surface area is 103 Å². The number of halogens is 3. The van der Waals surface area contributed by atoms with Crippen LogP contribution in [0.15, 0.2) is 12.5 Å². The van der Waals surface area contributed by atoms with Crippen LogP contribution in [0.1, 0.15) is 11.3 Å². The first-order chi connectivity index (χ1) is 9.02. The van der Waals surface area contributed by atoms with Crippen molar-refractivity contribution in [1.29, 1.82) is 0 Å². The Kier molecular flexibility index (Phi) is 3.35. The Balaban J connectivity index is 2.44. The molecule has 19 heavy (non-hydrogen) atoms. The lowest BCUT2D eigenvalue weighted by molar-refractivity contribution is -0.144. The van der Waals surface area contributed by atoms with E-state index in [0.717, 1.165) is 17.2 Å². The monoisotopic (exact) mass is 274 g/mol. The average Bonchev–Trinajstić information content (AvgIpc) is 2.89. The Hall–Kier alpha value is -2.59. The van der Waals surface area contributed by atoms with E-state index in [4.69, 9.17) is 0 Å². The molecular formula is C8H5F3N6O2. The van der Waals surface area contributed by atoms with Crippen molar-refractivity contribution < 1.29 is 22.7 Å². The minimum atomic E-state index is -4.72. The largest absolute Gasteiger partial charge is 0.463 e. The molecule has 0 aromatic carbocycles. The van der Waals surface area contributed by atoms with E-state index in [0.29, 0.717) is 0 Å².